The summed E-state index contributed by atoms with van der Waals surface area (Å²) < 4.78 is 0. The van der Waals surface area contributed by atoms with Crippen LogP contribution in [0.4, 0.5) is 5.82 Å². The molecule has 1 heterocycles. The molecule has 0 aliphatic heterocycles. The van der Waals surface area contributed by atoms with Crippen LogP contribution >= 0.6 is 0 Å². The maximum atomic E-state index is 11.2. The summed E-state index contributed by atoms with van der Waals surface area (Å²) in [5.41, 5.74) is 3.67. The van der Waals surface area contributed by atoms with Gasteiger partial charge in [-0.05, 0) is 0 Å². The first-order valence-electron chi connectivity index (χ1n) is 4.19. The Morgan fingerprint density at radius 1 is 1.53 bits per heavy atom. The molecule has 0 atom stereocenters. The Bertz CT molecular complexity index is 462. The quantitative estimate of drug-likeness (QED) is 0.522. The summed E-state index contributed by atoms with van der Waals surface area (Å²) in [4.78, 5) is 35.9. The Hall–Kier alpha value is -2.12. The molecule has 4 N–H and O–H groups in total. The highest BCUT2D eigenvalue weighted by atomic mass is 16.2. The second-order valence-corrected chi connectivity index (χ2v) is 2.97. The maximum Gasteiger partial charge on any atom is 0.342 e. The first-order chi connectivity index (χ1) is 7.00. The van der Waals surface area contributed by atoms with Crippen molar-refractivity contribution in [1.29, 1.82) is 0 Å². The molecule has 1 aromatic rings. The smallest absolute Gasteiger partial charge is 0.342 e. The summed E-state index contributed by atoms with van der Waals surface area (Å²) in [6.07, 6.45) is 0.108. The Balaban J connectivity index is 2.82. The summed E-state index contributed by atoms with van der Waals surface area (Å²) in [7, 11) is 1.57. The number of nitrogens with zero attached hydrogens (tertiary/aromatic N) is 2. The zero-order valence-electron chi connectivity index (χ0n) is 8.11. The van der Waals surface area contributed by atoms with Crippen LogP contribution in [-0.2, 0) is 4.79 Å². The summed E-state index contributed by atoms with van der Waals surface area (Å²) in [5, 5.41) is 5.64. The molecule has 0 aliphatic rings. The van der Waals surface area contributed by atoms with Crippen LogP contribution in [0.1, 0.15) is 6.42 Å². The number of rotatable bonds is 4. The van der Waals surface area contributed by atoms with Crippen LogP contribution in [0.25, 0.3) is 0 Å². The zero-order chi connectivity index (χ0) is 11.4. The minimum atomic E-state index is -0.674. The number of aromatic nitrogens is 3. The molecule has 1 aromatic heterocycles. The van der Waals surface area contributed by atoms with E-state index in [2.05, 4.69) is 10.2 Å². The second kappa shape index (κ2) is 4.40. The van der Waals surface area contributed by atoms with Gasteiger partial charge in [0.05, 0.1) is 0 Å². The van der Waals surface area contributed by atoms with Crippen LogP contribution < -0.4 is 21.9 Å². The van der Waals surface area contributed by atoms with Gasteiger partial charge in [0, 0.05) is 20.0 Å². The molecule has 8 nitrogen and oxygen atoms in total. The summed E-state index contributed by atoms with van der Waals surface area (Å²) >= 11 is 0. The molecule has 0 saturated heterocycles. The third-order valence-corrected chi connectivity index (χ3v) is 1.75. The van der Waals surface area contributed by atoms with Crippen molar-refractivity contribution in [3.63, 3.8) is 0 Å². The van der Waals surface area contributed by atoms with Gasteiger partial charge in [-0.1, -0.05) is 0 Å². The predicted octanol–water partition coefficient (Wildman–Crippen LogP) is -2.23. The highest BCUT2D eigenvalue weighted by Crippen LogP contribution is 1.97. The molecule has 82 valence electrons. The van der Waals surface area contributed by atoms with Gasteiger partial charge in [0.1, 0.15) is 0 Å². The van der Waals surface area contributed by atoms with E-state index in [-0.39, 0.29) is 18.8 Å². The Morgan fingerprint density at radius 3 is 2.73 bits per heavy atom. The fraction of sp³-hybridized carbons (Fsp3) is 0.429. The van der Waals surface area contributed by atoms with E-state index in [1.165, 1.54) is 4.90 Å². The van der Waals surface area contributed by atoms with Gasteiger partial charge in [0.2, 0.25) is 11.7 Å². The van der Waals surface area contributed by atoms with Crippen molar-refractivity contribution < 1.29 is 4.79 Å². The lowest BCUT2D eigenvalue weighted by Crippen LogP contribution is -2.34. The summed E-state index contributed by atoms with van der Waals surface area (Å²) in [5.74, 6) is -0.432. The van der Waals surface area contributed by atoms with Crippen LogP contribution in [0.3, 0.4) is 0 Å². The molecule has 1 amide bonds. The number of anilines is 1. The number of hydrogen-bond acceptors (Lipinski definition) is 5. The lowest BCUT2D eigenvalue weighted by molar-refractivity contribution is -0.117. The topological polar surface area (TPSA) is 125 Å². The number of nitrogens with one attached hydrogen (secondary N) is 2. The van der Waals surface area contributed by atoms with Crippen LogP contribution in [0.2, 0.25) is 0 Å². The van der Waals surface area contributed by atoms with E-state index < -0.39 is 17.2 Å². The van der Waals surface area contributed by atoms with Crippen molar-refractivity contribution in [2.75, 3.05) is 18.5 Å². The lowest BCUT2D eigenvalue weighted by Gasteiger charge is -2.14. The van der Waals surface area contributed by atoms with E-state index in [0.29, 0.717) is 0 Å². The molecule has 0 radical (unpaired) electrons. The maximum absolute atomic E-state index is 11.2. The first-order valence-corrected chi connectivity index (χ1v) is 4.19. The number of hydrogen-bond donors (Lipinski definition) is 3. The van der Waals surface area contributed by atoms with Crippen molar-refractivity contribution in [2.45, 2.75) is 6.42 Å². The first kappa shape index (κ1) is 11.0. The van der Waals surface area contributed by atoms with E-state index in [9.17, 15) is 14.4 Å². The number of H-pyrrole nitrogens is 2. The number of carbonyl (C=O) groups excluding carboxylic acids is 1. The number of aromatic amines is 2. The number of nitrogens with two attached hydrogens (primary N) is 1. The highest BCUT2D eigenvalue weighted by molar-refractivity contribution is 5.74. The second-order valence-electron chi connectivity index (χ2n) is 2.97. The van der Waals surface area contributed by atoms with Gasteiger partial charge < -0.3 is 10.6 Å². The number of amides is 1. The molecule has 0 saturated carbocycles. The largest absolute Gasteiger partial charge is 0.370 e. The normalized spacial score (nSPS) is 9.93. The molecule has 0 bridgehead atoms. The zero-order valence-corrected chi connectivity index (χ0v) is 8.11. The standard InChI is InChI=1S/C7H11N5O3/c1-12(3-2-4(8)13)5-6(14)9-7(15)11-10-5/h2-3H2,1H3,(H2,8,13)(H2,9,11,14,15). The molecule has 0 fully saturated rings. The van der Waals surface area contributed by atoms with E-state index >= 15 is 0 Å². The van der Waals surface area contributed by atoms with Crippen molar-refractivity contribution in [3.05, 3.63) is 20.8 Å². The Morgan fingerprint density at radius 2 is 2.20 bits per heavy atom. The molecule has 8 heteroatoms. The van der Waals surface area contributed by atoms with E-state index in [1.54, 1.807) is 7.05 Å². The third kappa shape index (κ3) is 2.93. The molecule has 15 heavy (non-hydrogen) atoms. The fourth-order valence-electron chi connectivity index (χ4n) is 0.984. The molecular weight excluding hydrogens is 202 g/mol. The van der Waals surface area contributed by atoms with Gasteiger partial charge >= 0.3 is 5.69 Å². The van der Waals surface area contributed by atoms with Gasteiger partial charge in [-0.25, -0.2) is 9.89 Å². The fourth-order valence-corrected chi connectivity index (χ4v) is 0.984. The van der Waals surface area contributed by atoms with Crippen molar-refractivity contribution in [2.24, 2.45) is 5.73 Å². The predicted molar refractivity (Wildman–Crippen MR) is 52.6 cm³/mol. The van der Waals surface area contributed by atoms with Crippen molar-refractivity contribution >= 4 is 11.7 Å². The minimum Gasteiger partial charge on any atom is -0.370 e. The van der Waals surface area contributed by atoms with Gasteiger partial charge in [-0.15, -0.1) is 5.10 Å². The van der Waals surface area contributed by atoms with Gasteiger partial charge in [-0.3, -0.25) is 14.6 Å². The van der Waals surface area contributed by atoms with E-state index in [0.717, 1.165) is 0 Å². The number of carbonyl (C=O) groups is 1. The van der Waals surface area contributed by atoms with Gasteiger partial charge in [0.25, 0.3) is 5.56 Å². The average molecular weight is 213 g/mol. The van der Waals surface area contributed by atoms with Crippen LogP contribution in [0.15, 0.2) is 9.59 Å². The van der Waals surface area contributed by atoms with Crippen molar-refractivity contribution in [3.8, 4) is 0 Å². The Kier molecular flexibility index (Phi) is 3.21. The Labute approximate surface area is 84.1 Å². The SMILES string of the molecule is CN(CCC(N)=O)c1n[nH]c(=O)[nH]c1=O. The number of primary amides is 1. The average Bonchev–Trinajstić information content (AvgIpc) is 2.14. The van der Waals surface area contributed by atoms with Crippen molar-refractivity contribution in [1.82, 2.24) is 15.2 Å². The van der Waals surface area contributed by atoms with Crippen LogP contribution in [0, 0.1) is 0 Å². The minimum absolute atomic E-state index is 0.0378. The highest BCUT2D eigenvalue weighted by Gasteiger charge is 2.08. The van der Waals surface area contributed by atoms with E-state index in [4.69, 9.17) is 5.73 Å². The molecule has 0 spiro atoms. The molecular formula is C7H11N5O3. The van der Waals surface area contributed by atoms with Crippen LogP contribution in [-0.4, -0.2) is 34.7 Å². The molecule has 0 unspecified atom stereocenters. The monoisotopic (exact) mass is 213 g/mol. The van der Waals surface area contributed by atoms with Crippen LogP contribution in [0.5, 0.6) is 0 Å². The third-order valence-electron chi connectivity index (χ3n) is 1.75. The van der Waals surface area contributed by atoms with E-state index in [1.807, 2.05) is 4.98 Å². The van der Waals surface area contributed by atoms with Gasteiger partial charge in [0.15, 0.2) is 0 Å². The summed E-state index contributed by atoms with van der Waals surface area (Å²) in [6.45, 7) is 0.261. The van der Waals surface area contributed by atoms with Gasteiger partial charge in [-0.2, -0.15) is 0 Å². The molecule has 0 aromatic carbocycles. The molecule has 1 rings (SSSR count). The lowest BCUT2D eigenvalue weighted by atomic mass is 10.4. The molecule has 0 aliphatic carbocycles. The summed E-state index contributed by atoms with van der Waals surface area (Å²) in [6, 6.07) is 0.